The number of hydrogen-bond donors (Lipinski definition) is 2. The number of ether oxygens (including phenoxy) is 1. The van der Waals surface area contributed by atoms with Crippen LogP contribution < -0.4 is 5.56 Å². The predicted molar refractivity (Wildman–Crippen MR) is 169 cm³/mol. The number of aromatic nitrogens is 4. The zero-order valence-corrected chi connectivity index (χ0v) is 26.6. The second-order valence-corrected chi connectivity index (χ2v) is 12.6. The van der Waals surface area contributed by atoms with Gasteiger partial charge in [0.15, 0.2) is 11.2 Å². The van der Waals surface area contributed by atoms with Gasteiger partial charge in [-0.05, 0) is 26.7 Å². The second kappa shape index (κ2) is 15.8. The summed E-state index contributed by atoms with van der Waals surface area (Å²) in [5.41, 5.74) is 0.832. The highest BCUT2D eigenvalue weighted by atomic mass is 32.2. The monoisotopic (exact) mass is 636 g/mol. The second-order valence-electron chi connectivity index (χ2n) is 10.0. The fourth-order valence-corrected chi connectivity index (χ4v) is 6.93. The van der Waals surface area contributed by atoms with E-state index in [1.54, 1.807) is 4.57 Å². The molecule has 2 aliphatic rings. The molecule has 1 aromatic carbocycles. The summed E-state index contributed by atoms with van der Waals surface area (Å²) in [5.74, 6) is 1.37. The number of amidine groups is 1. The van der Waals surface area contributed by atoms with E-state index >= 15 is 0 Å². The summed E-state index contributed by atoms with van der Waals surface area (Å²) in [4.78, 5) is 42.9. The molecule has 2 fully saturated rings. The van der Waals surface area contributed by atoms with Crippen LogP contribution in [0, 0.1) is 0 Å². The lowest BCUT2D eigenvalue weighted by atomic mass is 10.2. The molecule has 13 nitrogen and oxygen atoms in total. The minimum Gasteiger partial charge on any atom is -0.400 e. The van der Waals surface area contributed by atoms with Gasteiger partial charge in [-0.15, -0.1) is 0 Å². The third kappa shape index (κ3) is 8.48. The molecule has 5 rings (SSSR count). The van der Waals surface area contributed by atoms with Crippen LogP contribution in [0.1, 0.15) is 51.0 Å². The van der Waals surface area contributed by atoms with Crippen LogP contribution in [0.25, 0.3) is 11.2 Å². The molecule has 0 radical (unpaired) electrons. The number of nitrogens with one attached hydrogen (secondary N) is 1. The number of aliphatic hydroxyl groups excluding tert-OH is 1. The van der Waals surface area contributed by atoms with Crippen molar-refractivity contribution in [2.45, 2.75) is 51.5 Å². The Morgan fingerprint density at radius 3 is 2.81 bits per heavy atom. The highest BCUT2D eigenvalue weighted by molar-refractivity contribution is 8.14. The van der Waals surface area contributed by atoms with Crippen molar-refractivity contribution in [2.24, 2.45) is 4.99 Å². The van der Waals surface area contributed by atoms with Gasteiger partial charge in [0.05, 0.1) is 25.1 Å². The zero-order chi connectivity index (χ0) is 32.3. The van der Waals surface area contributed by atoms with Gasteiger partial charge in [0.25, 0.3) is 14.1 Å². The summed E-state index contributed by atoms with van der Waals surface area (Å²) in [7, 11) is 3.61. The van der Waals surface area contributed by atoms with Gasteiger partial charge < -0.3 is 23.8 Å². The first-order valence-corrected chi connectivity index (χ1v) is 16.1. The molecule has 0 aliphatic carbocycles. The number of benzene rings is 1. The van der Waals surface area contributed by atoms with Crippen LogP contribution >= 0.6 is 20.3 Å². The lowest BCUT2D eigenvalue weighted by Crippen LogP contribution is -2.25. The fourth-order valence-electron chi connectivity index (χ4n) is 4.48. The Balaban J connectivity index is 0.00000148. The van der Waals surface area contributed by atoms with Crippen molar-refractivity contribution in [3.05, 3.63) is 52.6 Å². The maximum absolute atomic E-state index is 12.7. The van der Waals surface area contributed by atoms with E-state index < -0.39 is 27.0 Å². The molecule has 0 amide bonds. The molecule has 2 unspecified atom stereocenters. The first-order valence-electron chi connectivity index (χ1n) is 15.1. The number of H-pyrrole nitrogens is 1. The Morgan fingerprint density at radius 2 is 2.12 bits per heavy atom. The Morgan fingerprint density at radius 1 is 1.37 bits per heavy atom. The van der Waals surface area contributed by atoms with Crippen LogP contribution in [0.5, 0.6) is 0 Å². The molecular weight excluding hydrogens is 593 g/mol. The Kier molecular flexibility index (Phi) is 11.2. The standard InChI is InChI=1S/C27H36N7O5PS.CH4O/c1-18-21(39-40(33-12-8-9-13-33)37-14-15-41-26(36)20-10-6-5-7-11-20)16-22(38-18)34-17-28-23-24(34)30-27(31-25(23)35)29-19(2)32(3)4;1-2/h5-7,10-11,17-18,21-22H,8-9,12-16H2,1-4H3,(H,30,31,35);2H,1H3/t18-,21?,22-,40?;/m1./s1/i1D;2T. The van der Waals surface area contributed by atoms with E-state index in [0.717, 1.165) is 25.9 Å². The Hall–Kier alpha value is -2.71. The first kappa shape index (κ1) is 30.3. The van der Waals surface area contributed by atoms with Crippen LogP contribution in [0.2, 0.25) is 0 Å². The van der Waals surface area contributed by atoms with Crippen molar-refractivity contribution in [3.8, 4) is 0 Å². The van der Waals surface area contributed by atoms with Crippen molar-refractivity contribution in [1.82, 2.24) is 29.1 Å². The van der Waals surface area contributed by atoms with Crippen LogP contribution in [0.4, 0.5) is 5.95 Å². The minimum atomic E-state index is -1.40. The number of fused-ring (bicyclic) bond motifs is 1. The molecule has 4 heterocycles. The van der Waals surface area contributed by atoms with Crippen molar-refractivity contribution < 1.29 is 25.1 Å². The van der Waals surface area contributed by atoms with Crippen LogP contribution in [0.15, 0.2) is 46.4 Å². The third-order valence-corrected chi connectivity index (χ3v) is 9.48. The van der Waals surface area contributed by atoms with E-state index in [2.05, 4.69) is 29.7 Å². The summed E-state index contributed by atoms with van der Waals surface area (Å²) in [6, 6.07) is 9.20. The number of hydrogen-bond acceptors (Lipinski definition) is 11. The summed E-state index contributed by atoms with van der Waals surface area (Å²) < 4.78 is 36.8. The van der Waals surface area contributed by atoms with Crippen LogP contribution in [-0.2, 0) is 13.8 Å². The van der Waals surface area contributed by atoms with E-state index in [0.29, 0.717) is 35.8 Å². The smallest absolute Gasteiger partial charge is 0.280 e. The first-order chi connectivity index (χ1) is 21.7. The van der Waals surface area contributed by atoms with E-state index in [4.69, 9.17) is 16.6 Å². The summed E-state index contributed by atoms with van der Waals surface area (Å²) in [6.45, 7) is 3.94. The maximum atomic E-state index is 12.7. The number of aliphatic imine (C=N–C) groups is 1. The van der Waals surface area contributed by atoms with Gasteiger partial charge in [-0.2, -0.15) is 4.98 Å². The summed E-state index contributed by atoms with van der Waals surface area (Å²) in [5, 5.41) is 3.51. The maximum Gasteiger partial charge on any atom is 0.280 e. The quantitative estimate of drug-likeness (QED) is 0.144. The lowest BCUT2D eigenvalue weighted by molar-refractivity contribution is -0.00405. The van der Waals surface area contributed by atoms with E-state index in [9.17, 15) is 9.59 Å². The molecule has 0 spiro atoms. The summed E-state index contributed by atoms with van der Waals surface area (Å²) in [6.07, 6.45) is 2.70. The predicted octanol–water partition coefficient (Wildman–Crippen LogP) is 3.95. The number of imidazole rings is 1. The Labute approximate surface area is 259 Å². The van der Waals surface area contributed by atoms with Crippen LogP contribution in [0.3, 0.4) is 0 Å². The number of aliphatic hydroxyl groups is 1. The third-order valence-electron chi connectivity index (χ3n) is 6.89. The average molecular weight is 637 g/mol. The van der Waals surface area contributed by atoms with Crippen molar-refractivity contribution in [3.63, 3.8) is 0 Å². The van der Waals surface area contributed by atoms with Crippen LogP contribution in [-0.4, -0.2) is 105 Å². The molecule has 4 atom stereocenters. The average Bonchev–Trinajstić information content (AvgIpc) is 3.79. The highest BCUT2D eigenvalue weighted by Gasteiger charge is 2.39. The van der Waals surface area contributed by atoms with E-state index in [1.165, 1.54) is 25.2 Å². The van der Waals surface area contributed by atoms with Gasteiger partial charge in [-0.1, -0.05) is 42.1 Å². The molecule has 3 aromatic rings. The van der Waals surface area contributed by atoms with E-state index in [-0.39, 0.29) is 29.0 Å². The molecule has 43 heavy (non-hydrogen) atoms. The number of thioether (sulfide) groups is 1. The van der Waals surface area contributed by atoms with Gasteiger partial charge >= 0.3 is 0 Å². The van der Waals surface area contributed by atoms with Gasteiger partial charge in [-0.3, -0.25) is 19.1 Å². The van der Waals surface area contributed by atoms with Gasteiger partial charge in [-0.25, -0.2) is 14.6 Å². The molecule has 0 saturated carbocycles. The number of rotatable bonds is 10. The summed E-state index contributed by atoms with van der Waals surface area (Å²) >= 11 is 1.23. The molecule has 2 N–H and O–H groups in total. The zero-order valence-electron chi connectivity index (χ0n) is 26.8. The number of aromatic amines is 1. The van der Waals surface area contributed by atoms with Gasteiger partial charge in [0.1, 0.15) is 12.1 Å². The number of carbonyl (C=O) groups is 1. The van der Waals surface area contributed by atoms with Crippen molar-refractivity contribution in [1.29, 1.82) is 1.43 Å². The molecule has 234 valence electrons. The van der Waals surface area contributed by atoms with Crippen molar-refractivity contribution >= 4 is 48.4 Å². The largest absolute Gasteiger partial charge is 0.400 e. The highest BCUT2D eigenvalue weighted by Crippen LogP contribution is 2.49. The fraction of sp³-hybridized carbons (Fsp3) is 0.536. The Bertz CT molecular complexity index is 1470. The molecule has 2 aromatic heterocycles. The van der Waals surface area contributed by atoms with Gasteiger partial charge in [0, 0.05) is 53.4 Å². The topological polar surface area (TPSA) is 147 Å². The number of nitrogens with zero attached hydrogens (tertiary/aromatic N) is 6. The molecule has 2 aliphatic heterocycles. The van der Waals surface area contributed by atoms with E-state index in [1.807, 2.05) is 56.3 Å². The van der Waals surface area contributed by atoms with Gasteiger partial charge in [0.2, 0.25) is 12.5 Å². The normalized spacial score (nSPS) is 22.1. The minimum absolute atomic E-state index is 0.00395. The molecule has 2 saturated heterocycles. The SMILES string of the molecule is [2H]C[C@H]1O[C@@H](n2cnc3c(=O)[nH]c(N=C(C)N(C)C)nc32)CC1OP(OCCSC(=O)c1ccccc1)N1CCCC1.[3H]OC. The molecule has 0 bridgehead atoms. The lowest BCUT2D eigenvalue weighted by Gasteiger charge is -2.28. The van der Waals surface area contributed by atoms with Crippen molar-refractivity contribution in [2.75, 3.05) is 46.7 Å². The number of carbonyl (C=O) groups excluding carboxylic acids is 1. The molecule has 15 heteroatoms. The molecular formula is C28H40N7O6PS.